The second-order valence-electron chi connectivity index (χ2n) is 5.22. The lowest BCUT2D eigenvalue weighted by molar-refractivity contribution is -0.114. The van der Waals surface area contributed by atoms with Crippen LogP contribution in [0.5, 0.6) is 0 Å². The number of anilines is 1. The van der Waals surface area contributed by atoms with Crippen molar-refractivity contribution in [3.05, 3.63) is 36.4 Å². The number of rotatable bonds is 6. The van der Waals surface area contributed by atoms with Gasteiger partial charge in [0.15, 0.2) is 0 Å². The number of nitrogens with one attached hydrogen (secondary N) is 2. The Morgan fingerprint density at radius 3 is 2.38 bits per heavy atom. The molecule has 9 heteroatoms. The lowest BCUT2D eigenvalue weighted by Gasteiger charge is -2.16. The summed E-state index contributed by atoms with van der Waals surface area (Å²) in [5.41, 5.74) is 5.34. The first-order chi connectivity index (χ1) is 11.2. The third kappa shape index (κ3) is 4.05. The first kappa shape index (κ1) is 18.2. The van der Waals surface area contributed by atoms with Crippen LogP contribution in [0.4, 0.5) is 14.5 Å². The van der Waals surface area contributed by atoms with E-state index in [1.54, 1.807) is 18.2 Å². The number of fused-ring (bicyclic) bond motifs is 1. The summed E-state index contributed by atoms with van der Waals surface area (Å²) >= 11 is 0. The first-order valence-corrected chi connectivity index (χ1v) is 8.51. The molecule has 0 aliphatic rings. The van der Waals surface area contributed by atoms with Gasteiger partial charge in [0, 0.05) is 23.4 Å². The summed E-state index contributed by atoms with van der Waals surface area (Å²) in [6.07, 6.45) is 0. The minimum atomic E-state index is -4.17. The molecule has 1 amide bonds. The van der Waals surface area contributed by atoms with Crippen molar-refractivity contribution in [2.75, 3.05) is 18.4 Å². The average Bonchev–Trinajstić information content (AvgIpc) is 2.53. The number of sulfonamides is 1. The van der Waals surface area contributed by atoms with E-state index in [4.69, 9.17) is 5.73 Å². The quantitative estimate of drug-likeness (QED) is 0.732. The van der Waals surface area contributed by atoms with Crippen LogP contribution in [0.25, 0.3) is 10.8 Å². The van der Waals surface area contributed by atoms with E-state index in [9.17, 15) is 22.0 Å². The summed E-state index contributed by atoms with van der Waals surface area (Å²) in [5, 5.41) is 3.40. The molecule has 2 rings (SSSR count). The highest BCUT2D eigenvalue weighted by molar-refractivity contribution is 7.89. The van der Waals surface area contributed by atoms with Crippen molar-refractivity contribution in [2.24, 2.45) is 5.73 Å². The Labute approximate surface area is 138 Å². The molecule has 24 heavy (non-hydrogen) atoms. The van der Waals surface area contributed by atoms with Crippen molar-refractivity contribution in [3.63, 3.8) is 0 Å². The van der Waals surface area contributed by atoms with Gasteiger partial charge >= 0.3 is 0 Å². The molecule has 0 unspecified atom stereocenters. The highest BCUT2D eigenvalue weighted by Crippen LogP contribution is 2.29. The van der Waals surface area contributed by atoms with E-state index in [2.05, 4.69) is 5.32 Å². The highest BCUT2D eigenvalue weighted by atomic mass is 32.2. The number of amides is 1. The van der Waals surface area contributed by atoms with Crippen LogP contribution in [-0.4, -0.2) is 33.3 Å². The molecule has 6 nitrogen and oxygen atoms in total. The van der Waals surface area contributed by atoms with E-state index in [1.165, 1.54) is 25.1 Å². The Bertz CT molecular complexity index is 869. The second-order valence-corrected chi connectivity index (χ2v) is 6.96. The van der Waals surface area contributed by atoms with Crippen molar-refractivity contribution in [3.8, 4) is 0 Å². The Hall–Kier alpha value is -2.10. The molecule has 0 aliphatic carbocycles. The molecule has 0 atom stereocenters. The van der Waals surface area contributed by atoms with Gasteiger partial charge in [0.2, 0.25) is 15.9 Å². The monoisotopic (exact) mass is 357 g/mol. The average molecular weight is 357 g/mol. The fourth-order valence-corrected chi connectivity index (χ4v) is 3.43. The minimum Gasteiger partial charge on any atom is -0.326 e. The van der Waals surface area contributed by atoms with E-state index in [1.807, 2.05) is 4.72 Å². The molecular formula is C15H17F2N3O3S. The number of alkyl halides is 2. The van der Waals surface area contributed by atoms with Crippen molar-refractivity contribution in [1.29, 1.82) is 0 Å². The number of hydrogen-bond donors (Lipinski definition) is 3. The van der Waals surface area contributed by atoms with Gasteiger partial charge in [-0.15, -0.1) is 0 Å². The van der Waals surface area contributed by atoms with Gasteiger partial charge in [0.25, 0.3) is 5.92 Å². The number of carbonyl (C=O) groups excluding carboxylic acids is 1. The SMILES string of the molecule is CC(=O)Nc1ccc(S(=O)(=O)NCC(F)(F)CN)c2ccccc12. The third-order valence-corrected chi connectivity index (χ3v) is 4.76. The predicted molar refractivity (Wildman–Crippen MR) is 87.4 cm³/mol. The fourth-order valence-electron chi connectivity index (χ4n) is 2.15. The molecule has 0 aliphatic heterocycles. The molecule has 0 radical (unpaired) electrons. The molecule has 2 aromatic rings. The van der Waals surface area contributed by atoms with E-state index in [-0.39, 0.29) is 10.8 Å². The Balaban J connectivity index is 2.48. The molecule has 0 spiro atoms. The first-order valence-electron chi connectivity index (χ1n) is 7.03. The second kappa shape index (κ2) is 6.80. The molecule has 0 heterocycles. The molecule has 0 aromatic heterocycles. The molecule has 0 fully saturated rings. The molecule has 4 N–H and O–H groups in total. The molecule has 0 saturated heterocycles. The lowest BCUT2D eigenvalue weighted by atomic mass is 10.1. The fraction of sp³-hybridized carbons (Fsp3) is 0.267. The van der Waals surface area contributed by atoms with E-state index < -0.39 is 29.0 Å². The molecule has 2 aromatic carbocycles. The van der Waals surface area contributed by atoms with E-state index in [0.29, 0.717) is 16.5 Å². The topological polar surface area (TPSA) is 101 Å². The summed E-state index contributed by atoms with van der Waals surface area (Å²) < 4.78 is 53.1. The lowest BCUT2D eigenvalue weighted by Crippen LogP contribution is -2.41. The maximum atomic E-state index is 13.2. The smallest absolute Gasteiger partial charge is 0.273 e. The van der Waals surface area contributed by atoms with Crippen molar-refractivity contribution >= 4 is 32.4 Å². The van der Waals surface area contributed by atoms with Gasteiger partial charge in [-0.25, -0.2) is 21.9 Å². The predicted octanol–water partition coefficient (Wildman–Crippen LogP) is 1.67. The standard InChI is InChI=1S/C15H17F2N3O3S/c1-10(21)20-13-6-7-14(12-5-3-2-4-11(12)13)24(22,23)19-9-15(16,17)8-18/h2-7,19H,8-9,18H2,1H3,(H,20,21). The van der Waals surface area contributed by atoms with Crippen LogP contribution in [0.3, 0.4) is 0 Å². The van der Waals surface area contributed by atoms with Crippen molar-refractivity contribution < 1.29 is 22.0 Å². The molecule has 130 valence electrons. The Kier molecular flexibility index (Phi) is 5.16. The van der Waals surface area contributed by atoms with Gasteiger partial charge in [-0.1, -0.05) is 24.3 Å². The molecular weight excluding hydrogens is 340 g/mol. The normalized spacial score (nSPS) is 12.3. The van der Waals surface area contributed by atoms with Gasteiger partial charge in [-0.3, -0.25) is 4.79 Å². The summed E-state index contributed by atoms with van der Waals surface area (Å²) in [5.74, 6) is -3.64. The van der Waals surface area contributed by atoms with Gasteiger partial charge in [-0.2, -0.15) is 0 Å². The largest absolute Gasteiger partial charge is 0.326 e. The third-order valence-electron chi connectivity index (χ3n) is 3.30. The van der Waals surface area contributed by atoms with E-state index >= 15 is 0 Å². The zero-order valence-electron chi connectivity index (χ0n) is 12.8. The van der Waals surface area contributed by atoms with Gasteiger partial charge in [0.05, 0.1) is 18.0 Å². The van der Waals surface area contributed by atoms with Crippen LogP contribution >= 0.6 is 0 Å². The van der Waals surface area contributed by atoms with Crippen LogP contribution in [-0.2, 0) is 14.8 Å². The van der Waals surface area contributed by atoms with Crippen LogP contribution in [0, 0.1) is 0 Å². The van der Waals surface area contributed by atoms with Gasteiger partial charge in [0.1, 0.15) is 0 Å². The van der Waals surface area contributed by atoms with Gasteiger partial charge < -0.3 is 11.1 Å². The summed E-state index contributed by atoms with van der Waals surface area (Å²) in [6, 6.07) is 9.15. The van der Waals surface area contributed by atoms with Crippen molar-refractivity contribution in [2.45, 2.75) is 17.7 Å². The summed E-state index contributed by atoms with van der Waals surface area (Å²) in [6.45, 7) is -0.721. The Morgan fingerprint density at radius 1 is 1.17 bits per heavy atom. The molecule has 0 bridgehead atoms. The number of nitrogens with two attached hydrogens (primary N) is 1. The Morgan fingerprint density at radius 2 is 1.79 bits per heavy atom. The maximum Gasteiger partial charge on any atom is 0.273 e. The van der Waals surface area contributed by atoms with Gasteiger partial charge in [-0.05, 0) is 12.1 Å². The highest BCUT2D eigenvalue weighted by Gasteiger charge is 2.30. The minimum absolute atomic E-state index is 0.153. The zero-order valence-corrected chi connectivity index (χ0v) is 13.7. The van der Waals surface area contributed by atoms with E-state index in [0.717, 1.165) is 0 Å². The number of carbonyl (C=O) groups is 1. The van der Waals surface area contributed by atoms with Crippen molar-refractivity contribution in [1.82, 2.24) is 4.72 Å². The summed E-state index contributed by atoms with van der Waals surface area (Å²) in [7, 11) is -4.17. The van der Waals surface area contributed by atoms with Crippen LogP contribution < -0.4 is 15.8 Å². The maximum absolute atomic E-state index is 13.2. The zero-order chi connectivity index (χ0) is 18.0. The number of halogens is 2. The van der Waals surface area contributed by atoms with Crippen LogP contribution in [0.2, 0.25) is 0 Å². The van der Waals surface area contributed by atoms with Crippen LogP contribution in [0.1, 0.15) is 6.92 Å². The number of hydrogen-bond acceptors (Lipinski definition) is 4. The molecule has 0 saturated carbocycles. The van der Waals surface area contributed by atoms with Crippen LogP contribution in [0.15, 0.2) is 41.3 Å². The summed E-state index contributed by atoms with van der Waals surface area (Å²) in [4.78, 5) is 11.1. The number of benzene rings is 2.